The number of hydrogen-bond donors (Lipinski definition) is 0. The number of ketones is 1. The highest BCUT2D eigenvalue weighted by atomic mass is 32.1. The van der Waals surface area contributed by atoms with Gasteiger partial charge in [-0.25, -0.2) is 0 Å². The summed E-state index contributed by atoms with van der Waals surface area (Å²) < 4.78 is 0. The molecule has 2 aromatic heterocycles. The summed E-state index contributed by atoms with van der Waals surface area (Å²) >= 11 is 1.44. The molecule has 0 aromatic carbocycles. The molecule has 0 unspecified atom stereocenters. The Morgan fingerprint density at radius 3 is 2.77 bits per heavy atom. The first kappa shape index (κ1) is 8.13. The summed E-state index contributed by atoms with van der Waals surface area (Å²) in [6.07, 6.45) is 1.63. The molecule has 0 amide bonds. The second-order valence-corrected chi connectivity index (χ2v) is 3.47. The molecule has 0 atom stereocenters. The minimum Gasteiger partial charge on any atom is -0.286 e. The molecule has 0 fully saturated rings. The van der Waals surface area contributed by atoms with E-state index in [2.05, 4.69) is 4.98 Å². The van der Waals surface area contributed by atoms with Crippen LogP contribution in [0.4, 0.5) is 0 Å². The molecule has 64 valence electrons. The summed E-state index contributed by atoms with van der Waals surface area (Å²) in [6.45, 7) is 0. The van der Waals surface area contributed by atoms with Crippen molar-refractivity contribution in [2.45, 2.75) is 0 Å². The first-order valence-electron chi connectivity index (χ1n) is 3.87. The van der Waals surface area contributed by atoms with E-state index in [4.69, 9.17) is 0 Å². The summed E-state index contributed by atoms with van der Waals surface area (Å²) in [5.74, 6) is -0.00407. The Balaban J connectivity index is 2.34. The molecule has 13 heavy (non-hydrogen) atoms. The quantitative estimate of drug-likeness (QED) is 0.679. The van der Waals surface area contributed by atoms with Crippen LogP contribution in [0.25, 0.3) is 0 Å². The molecule has 0 aliphatic carbocycles. The van der Waals surface area contributed by atoms with Crippen molar-refractivity contribution >= 4 is 17.1 Å². The molecule has 2 rings (SSSR count). The molecule has 0 aliphatic rings. The molecule has 0 radical (unpaired) electrons. The van der Waals surface area contributed by atoms with E-state index in [0.29, 0.717) is 5.69 Å². The zero-order valence-corrected chi connectivity index (χ0v) is 7.62. The number of nitrogens with zero attached hydrogens (tertiary/aromatic N) is 1. The third-order valence-electron chi connectivity index (χ3n) is 1.64. The van der Waals surface area contributed by atoms with Crippen molar-refractivity contribution in [3.63, 3.8) is 0 Å². The van der Waals surface area contributed by atoms with Crippen LogP contribution in [0, 0.1) is 0 Å². The van der Waals surface area contributed by atoms with E-state index in [0.717, 1.165) is 4.88 Å². The fourth-order valence-electron chi connectivity index (χ4n) is 1.03. The van der Waals surface area contributed by atoms with E-state index in [1.807, 2.05) is 23.6 Å². The van der Waals surface area contributed by atoms with Gasteiger partial charge >= 0.3 is 0 Å². The maximum Gasteiger partial charge on any atom is 0.221 e. The molecule has 2 heterocycles. The van der Waals surface area contributed by atoms with Crippen molar-refractivity contribution in [2.24, 2.45) is 0 Å². The third kappa shape index (κ3) is 1.65. The van der Waals surface area contributed by atoms with E-state index < -0.39 is 0 Å². The fourth-order valence-corrected chi connectivity index (χ4v) is 1.70. The fraction of sp³-hybridized carbons (Fsp3) is 0. The Hall–Kier alpha value is -1.48. The summed E-state index contributed by atoms with van der Waals surface area (Å²) in [4.78, 5) is 16.4. The number of carbonyl (C=O) groups excluding carboxylic acids is 1. The van der Waals surface area contributed by atoms with Crippen molar-refractivity contribution in [3.05, 3.63) is 52.5 Å². The maximum atomic E-state index is 11.7. The van der Waals surface area contributed by atoms with E-state index in [9.17, 15) is 4.79 Å². The minimum absolute atomic E-state index is 0.00407. The van der Waals surface area contributed by atoms with Gasteiger partial charge in [-0.05, 0) is 23.6 Å². The second kappa shape index (κ2) is 3.49. The van der Waals surface area contributed by atoms with Crippen LogP contribution >= 0.6 is 11.3 Å². The predicted molar refractivity (Wildman–Crippen MR) is 52.0 cm³/mol. The van der Waals surface area contributed by atoms with E-state index in [-0.39, 0.29) is 5.78 Å². The molecule has 0 saturated carbocycles. The van der Waals surface area contributed by atoms with Crippen LogP contribution in [0.15, 0.2) is 41.9 Å². The van der Waals surface area contributed by atoms with Gasteiger partial charge in [0.2, 0.25) is 5.78 Å². The topological polar surface area (TPSA) is 30.0 Å². The van der Waals surface area contributed by atoms with Gasteiger partial charge in [-0.1, -0.05) is 12.1 Å². The van der Waals surface area contributed by atoms with Crippen LogP contribution in [0.2, 0.25) is 0 Å². The van der Waals surface area contributed by atoms with Gasteiger partial charge in [-0.2, -0.15) is 0 Å². The van der Waals surface area contributed by atoms with Gasteiger partial charge in [-0.3, -0.25) is 9.78 Å². The highest BCUT2D eigenvalue weighted by molar-refractivity contribution is 7.12. The molecular formula is C10H7NOS. The Morgan fingerprint density at radius 2 is 2.15 bits per heavy atom. The number of thiophene rings is 1. The zero-order chi connectivity index (χ0) is 9.10. The van der Waals surface area contributed by atoms with Crippen molar-refractivity contribution in [1.82, 2.24) is 4.98 Å². The van der Waals surface area contributed by atoms with Crippen LogP contribution in [0.3, 0.4) is 0 Å². The maximum absolute atomic E-state index is 11.7. The van der Waals surface area contributed by atoms with Gasteiger partial charge in [0.05, 0.1) is 4.88 Å². The summed E-state index contributed by atoms with van der Waals surface area (Å²) in [5, 5.41) is 1.89. The van der Waals surface area contributed by atoms with Gasteiger partial charge in [0.1, 0.15) is 5.69 Å². The molecule has 2 aromatic rings. The Labute approximate surface area is 79.9 Å². The highest BCUT2D eigenvalue weighted by Gasteiger charge is 2.09. The van der Waals surface area contributed by atoms with Crippen LogP contribution in [-0.4, -0.2) is 10.8 Å². The van der Waals surface area contributed by atoms with Crippen molar-refractivity contribution in [1.29, 1.82) is 0 Å². The number of pyridine rings is 1. The summed E-state index contributed by atoms with van der Waals surface area (Å²) in [6, 6.07) is 9.00. The minimum atomic E-state index is -0.00407. The lowest BCUT2D eigenvalue weighted by Crippen LogP contribution is -2.00. The standard InChI is InChI=1S/C10H7NOS/c12-10(9-5-3-7-13-9)8-4-1-2-6-11-8/h1-7H. The van der Waals surface area contributed by atoms with Crippen LogP contribution in [0.5, 0.6) is 0 Å². The molecule has 0 N–H and O–H groups in total. The first-order valence-corrected chi connectivity index (χ1v) is 4.75. The second-order valence-electron chi connectivity index (χ2n) is 2.52. The van der Waals surface area contributed by atoms with Crippen LogP contribution in [0.1, 0.15) is 15.4 Å². The smallest absolute Gasteiger partial charge is 0.221 e. The first-order chi connectivity index (χ1) is 6.38. The van der Waals surface area contributed by atoms with Gasteiger partial charge in [0.25, 0.3) is 0 Å². The average Bonchev–Trinajstić information content (AvgIpc) is 2.71. The van der Waals surface area contributed by atoms with Crippen molar-refractivity contribution in [3.8, 4) is 0 Å². The molecule has 2 nitrogen and oxygen atoms in total. The van der Waals surface area contributed by atoms with E-state index in [1.165, 1.54) is 11.3 Å². The van der Waals surface area contributed by atoms with Gasteiger partial charge in [0, 0.05) is 6.20 Å². The molecule has 0 bridgehead atoms. The zero-order valence-electron chi connectivity index (χ0n) is 6.81. The normalized spacial score (nSPS) is 9.85. The summed E-state index contributed by atoms with van der Waals surface area (Å²) in [7, 11) is 0. The number of carbonyl (C=O) groups is 1. The molecule has 0 spiro atoms. The summed E-state index contributed by atoms with van der Waals surface area (Å²) in [5.41, 5.74) is 0.505. The largest absolute Gasteiger partial charge is 0.286 e. The predicted octanol–water partition coefficient (Wildman–Crippen LogP) is 2.37. The highest BCUT2D eigenvalue weighted by Crippen LogP contribution is 2.12. The SMILES string of the molecule is O=C(c1ccccn1)c1cccs1. The average molecular weight is 189 g/mol. The lowest BCUT2D eigenvalue weighted by atomic mass is 10.2. The monoisotopic (exact) mass is 189 g/mol. The van der Waals surface area contributed by atoms with Crippen molar-refractivity contribution < 1.29 is 4.79 Å². The Bertz CT molecular complexity index is 394. The molecule has 0 saturated heterocycles. The third-order valence-corrected chi connectivity index (χ3v) is 2.51. The number of rotatable bonds is 2. The van der Waals surface area contributed by atoms with Crippen LogP contribution in [-0.2, 0) is 0 Å². The Morgan fingerprint density at radius 1 is 1.23 bits per heavy atom. The lowest BCUT2D eigenvalue weighted by molar-refractivity contribution is 0.103. The van der Waals surface area contributed by atoms with E-state index in [1.54, 1.807) is 18.3 Å². The lowest BCUT2D eigenvalue weighted by Gasteiger charge is -1.94. The van der Waals surface area contributed by atoms with Crippen LogP contribution < -0.4 is 0 Å². The van der Waals surface area contributed by atoms with Gasteiger partial charge in [0.15, 0.2) is 0 Å². The van der Waals surface area contributed by atoms with Crippen molar-refractivity contribution in [2.75, 3.05) is 0 Å². The molecule has 0 aliphatic heterocycles. The Kier molecular flexibility index (Phi) is 2.19. The molecule has 3 heteroatoms. The van der Waals surface area contributed by atoms with Gasteiger partial charge in [-0.15, -0.1) is 11.3 Å². The number of hydrogen-bond acceptors (Lipinski definition) is 3. The van der Waals surface area contributed by atoms with E-state index >= 15 is 0 Å². The number of aromatic nitrogens is 1. The molecular weight excluding hydrogens is 182 g/mol. The van der Waals surface area contributed by atoms with Gasteiger partial charge < -0.3 is 0 Å².